The lowest BCUT2D eigenvalue weighted by Crippen LogP contribution is -2.10. The molecule has 21 heavy (non-hydrogen) atoms. The van der Waals surface area contributed by atoms with Crippen LogP contribution in [0.5, 0.6) is 0 Å². The van der Waals surface area contributed by atoms with Gasteiger partial charge in [0.05, 0.1) is 17.6 Å². The third-order valence-corrected chi connectivity index (χ3v) is 3.98. The zero-order valence-corrected chi connectivity index (χ0v) is 12.3. The Labute approximate surface area is 123 Å². The number of hydrogen-bond donors (Lipinski definition) is 1. The maximum atomic E-state index is 13.6. The predicted molar refractivity (Wildman–Crippen MR) is 80.1 cm³/mol. The van der Waals surface area contributed by atoms with E-state index in [0.717, 1.165) is 6.26 Å². The topological polar surface area (TPSA) is 59.1 Å². The molecule has 0 atom stereocenters. The van der Waals surface area contributed by atoms with Gasteiger partial charge < -0.3 is 0 Å². The molecule has 1 heterocycles. The van der Waals surface area contributed by atoms with Gasteiger partial charge in [0.15, 0.2) is 0 Å². The average molecular weight is 306 g/mol. The number of nitrogens with zero attached hydrogens (tertiary/aromatic N) is 1. The van der Waals surface area contributed by atoms with Gasteiger partial charge in [-0.2, -0.15) is 0 Å². The lowest BCUT2D eigenvalue weighted by molar-refractivity contribution is 0.604. The van der Waals surface area contributed by atoms with Crippen molar-refractivity contribution in [2.75, 3.05) is 11.0 Å². The fraction of sp³-hybridized carbons (Fsp3) is 0.267. The maximum Gasteiger partial charge on any atom is 0.229 e. The number of pyridine rings is 1. The maximum absolute atomic E-state index is 13.6. The molecule has 6 heteroatoms. The van der Waals surface area contributed by atoms with Crippen molar-refractivity contribution < 1.29 is 12.8 Å². The van der Waals surface area contributed by atoms with Crippen molar-refractivity contribution in [2.45, 2.75) is 18.8 Å². The standard InChI is InChI=1S/C15H15FN2O2S/c1-21(19,20)18-15-8-11(4-6-13(15)16)14-7-5-12(9-17-14)10-2-3-10/h4-10,18H,2-3H2,1H3. The van der Waals surface area contributed by atoms with Crippen molar-refractivity contribution in [1.29, 1.82) is 0 Å². The molecule has 3 rings (SSSR count). The summed E-state index contributed by atoms with van der Waals surface area (Å²) in [5.74, 6) is 0.0148. The number of sulfonamides is 1. The van der Waals surface area contributed by atoms with Gasteiger partial charge in [0.25, 0.3) is 0 Å². The Balaban J connectivity index is 1.92. The van der Waals surface area contributed by atoms with Crippen LogP contribution in [0.1, 0.15) is 24.3 Å². The molecular formula is C15H15FN2O2S. The molecule has 4 nitrogen and oxygen atoms in total. The van der Waals surface area contributed by atoms with E-state index in [4.69, 9.17) is 0 Å². The van der Waals surface area contributed by atoms with E-state index in [2.05, 4.69) is 9.71 Å². The first-order chi connectivity index (χ1) is 9.92. The van der Waals surface area contributed by atoms with Crippen molar-refractivity contribution in [3.8, 4) is 11.3 Å². The van der Waals surface area contributed by atoms with Crippen molar-refractivity contribution >= 4 is 15.7 Å². The molecule has 1 aliphatic rings. The number of anilines is 1. The molecule has 1 aromatic heterocycles. The van der Waals surface area contributed by atoms with Gasteiger partial charge in [0, 0.05) is 11.8 Å². The SMILES string of the molecule is CS(=O)(=O)Nc1cc(-c2ccc(C3CC3)cn2)ccc1F. The molecule has 0 saturated heterocycles. The van der Waals surface area contributed by atoms with E-state index in [9.17, 15) is 12.8 Å². The molecule has 0 radical (unpaired) electrons. The summed E-state index contributed by atoms with van der Waals surface area (Å²) in [5.41, 5.74) is 2.51. The summed E-state index contributed by atoms with van der Waals surface area (Å²) in [6, 6.07) is 8.18. The van der Waals surface area contributed by atoms with Crippen LogP contribution in [0.3, 0.4) is 0 Å². The number of halogens is 1. The van der Waals surface area contributed by atoms with Gasteiger partial charge in [-0.05, 0) is 48.6 Å². The Morgan fingerprint density at radius 2 is 2.00 bits per heavy atom. The van der Waals surface area contributed by atoms with Gasteiger partial charge >= 0.3 is 0 Å². The molecule has 0 unspecified atom stereocenters. The lowest BCUT2D eigenvalue weighted by Gasteiger charge is -2.08. The monoisotopic (exact) mass is 306 g/mol. The van der Waals surface area contributed by atoms with Gasteiger partial charge in [0.1, 0.15) is 5.82 Å². The van der Waals surface area contributed by atoms with Gasteiger partial charge in [-0.25, -0.2) is 12.8 Å². The van der Waals surface area contributed by atoms with E-state index in [0.29, 0.717) is 17.2 Å². The van der Waals surface area contributed by atoms with Crippen LogP contribution in [0.2, 0.25) is 0 Å². The van der Waals surface area contributed by atoms with Crippen LogP contribution >= 0.6 is 0 Å². The molecule has 0 aliphatic heterocycles. The molecule has 110 valence electrons. The minimum absolute atomic E-state index is 0.0666. The van der Waals surface area contributed by atoms with Gasteiger partial charge in [-0.15, -0.1) is 0 Å². The number of aromatic nitrogens is 1. The molecule has 2 aromatic rings. The predicted octanol–water partition coefficient (Wildman–Crippen LogP) is 3.14. The minimum Gasteiger partial charge on any atom is -0.281 e. The molecule has 1 fully saturated rings. The zero-order chi connectivity index (χ0) is 15.0. The molecule has 0 amide bonds. The first-order valence-corrected chi connectivity index (χ1v) is 8.55. The normalized spacial score (nSPS) is 15.0. The number of hydrogen-bond acceptors (Lipinski definition) is 3. The largest absolute Gasteiger partial charge is 0.281 e. The Bertz CT molecular complexity index is 769. The summed E-state index contributed by atoms with van der Waals surface area (Å²) in [6.07, 6.45) is 5.24. The van der Waals surface area contributed by atoms with E-state index < -0.39 is 15.8 Å². The Hall–Kier alpha value is -1.95. The van der Waals surface area contributed by atoms with Crippen LogP contribution in [0, 0.1) is 5.82 Å². The first kappa shape index (κ1) is 14.0. The highest BCUT2D eigenvalue weighted by Crippen LogP contribution is 2.40. The summed E-state index contributed by atoms with van der Waals surface area (Å²) >= 11 is 0. The van der Waals surface area contributed by atoms with Crippen LogP contribution in [0.25, 0.3) is 11.3 Å². The summed E-state index contributed by atoms with van der Waals surface area (Å²) in [4.78, 5) is 4.38. The Morgan fingerprint density at radius 1 is 1.24 bits per heavy atom. The molecule has 1 aliphatic carbocycles. The van der Waals surface area contributed by atoms with E-state index >= 15 is 0 Å². The molecule has 1 saturated carbocycles. The zero-order valence-electron chi connectivity index (χ0n) is 11.5. The van der Waals surface area contributed by atoms with Crippen LogP contribution in [-0.4, -0.2) is 19.7 Å². The summed E-state index contributed by atoms with van der Waals surface area (Å²) in [6.45, 7) is 0. The van der Waals surface area contributed by atoms with E-state index in [1.165, 1.54) is 30.5 Å². The second-order valence-electron chi connectivity index (χ2n) is 5.32. The lowest BCUT2D eigenvalue weighted by atomic mass is 10.1. The third-order valence-electron chi connectivity index (χ3n) is 3.39. The van der Waals surface area contributed by atoms with Crippen LogP contribution < -0.4 is 4.72 Å². The van der Waals surface area contributed by atoms with Crippen molar-refractivity contribution in [3.05, 3.63) is 47.9 Å². The fourth-order valence-electron chi connectivity index (χ4n) is 2.20. The first-order valence-electron chi connectivity index (χ1n) is 6.66. The van der Waals surface area contributed by atoms with E-state index in [-0.39, 0.29) is 5.69 Å². The van der Waals surface area contributed by atoms with E-state index in [1.54, 1.807) is 6.07 Å². The molecular weight excluding hydrogens is 291 g/mol. The molecule has 1 aromatic carbocycles. The second kappa shape index (κ2) is 5.11. The summed E-state index contributed by atoms with van der Waals surface area (Å²) in [5, 5.41) is 0. The highest BCUT2D eigenvalue weighted by atomic mass is 32.2. The average Bonchev–Trinajstić information content (AvgIpc) is 3.24. The highest BCUT2D eigenvalue weighted by Gasteiger charge is 2.23. The fourth-order valence-corrected chi connectivity index (χ4v) is 2.75. The van der Waals surface area contributed by atoms with Crippen molar-refractivity contribution in [1.82, 2.24) is 4.98 Å². The van der Waals surface area contributed by atoms with Crippen molar-refractivity contribution in [2.24, 2.45) is 0 Å². The van der Waals surface area contributed by atoms with Crippen molar-refractivity contribution in [3.63, 3.8) is 0 Å². The quantitative estimate of drug-likeness (QED) is 0.944. The molecule has 0 bridgehead atoms. The highest BCUT2D eigenvalue weighted by molar-refractivity contribution is 7.92. The van der Waals surface area contributed by atoms with Crippen LogP contribution in [0.15, 0.2) is 36.5 Å². The van der Waals surface area contributed by atoms with Crippen LogP contribution in [0.4, 0.5) is 10.1 Å². The third kappa shape index (κ3) is 3.39. The number of rotatable bonds is 4. The minimum atomic E-state index is -3.52. The second-order valence-corrected chi connectivity index (χ2v) is 7.07. The van der Waals surface area contributed by atoms with Gasteiger partial charge in [0.2, 0.25) is 10.0 Å². The van der Waals surface area contributed by atoms with Gasteiger partial charge in [-0.1, -0.05) is 6.07 Å². The Morgan fingerprint density at radius 3 is 2.57 bits per heavy atom. The van der Waals surface area contributed by atoms with Gasteiger partial charge in [-0.3, -0.25) is 9.71 Å². The van der Waals surface area contributed by atoms with Crippen LogP contribution in [-0.2, 0) is 10.0 Å². The number of benzene rings is 1. The Kier molecular flexibility index (Phi) is 3.41. The molecule has 1 N–H and O–H groups in total. The molecule has 0 spiro atoms. The van der Waals surface area contributed by atoms with E-state index in [1.807, 2.05) is 18.3 Å². The summed E-state index contributed by atoms with van der Waals surface area (Å²) < 4.78 is 38.3. The smallest absolute Gasteiger partial charge is 0.229 e. The number of nitrogens with one attached hydrogen (secondary N) is 1. The summed E-state index contributed by atoms with van der Waals surface area (Å²) in [7, 11) is -3.52.